The minimum Gasteiger partial charge on any atom is -0.360 e. The van der Waals surface area contributed by atoms with Gasteiger partial charge in [-0.05, 0) is 17.9 Å². The second-order valence-electron chi connectivity index (χ2n) is 5.41. The van der Waals surface area contributed by atoms with Crippen molar-refractivity contribution in [3.8, 4) is 0 Å². The predicted molar refractivity (Wildman–Crippen MR) is 72.5 cm³/mol. The largest absolute Gasteiger partial charge is 0.360 e. The molecule has 1 aromatic heterocycles. The van der Waals surface area contributed by atoms with E-state index in [4.69, 9.17) is 0 Å². The molecule has 3 heteroatoms. The minimum absolute atomic E-state index is 0.156. The van der Waals surface area contributed by atoms with E-state index in [-0.39, 0.29) is 5.91 Å². The summed E-state index contributed by atoms with van der Waals surface area (Å²) in [6.45, 7) is 6.18. The van der Waals surface area contributed by atoms with E-state index >= 15 is 0 Å². The van der Waals surface area contributed by atoms with Gasteiger partial charge in [-0.1, -0.05) is 32.0 Å². The Morgan fingerprint density at radius 1 is 1.22 bits per heavy atom. The van der Waals surface area contributed by atoms with Gasteiger partial charge >= 0.3 is 0 Å². The zero-order valence-electron chi connectivity index (χ0n) is 10.8. The summed E-state index contributed by atoms with van der Waals surface area (Å²) in [4.78, 5) is 17.7. The molecule has 1 saturated heterocycles. The van der Waals surface area contributed by atoms with Crippen LogP contribution in [-0.2, 0) is 0 Å². The molecule has 1 amide bonds. The first-order valence-electron chi connectivity index (χ1n) is 6.52. The fourth-order valence-corrected chi connectivity index (χ4v) is 2.71. The van der Waals surface area contributed by atoms with Crippen molar-refractivity contribution < 1.29 is 4.79 Å². The Hall–Kier alpha value is -1.77. The number of benzene rings is 1. The molecule has 0 aliphatic carbocycles. The molecule has 1 fully saturated rings. The van der Waals surface area contributed by atoms with E-state index < -0.39 is 0 Å². The predicted octanol–water partition coefficient (Wildman–Crippen LogP) is 2.90. The Bertz CT molecular complexity index is 577. The van der Waals surface area contributed by atoms with Crippen molar-refractivity contribution in [3.05, 3.63) is 36.0 Å². The van der Waals surface area contributed by atoms with Gasteiger partial charge in [-0.3, -0.25) is 4.79 Å². The van der Waals surface area contributed by atoms with Gasteiger partial charge in [0.05, 0.1) is 5.56 Å². The number of carbonyl (C=O) groups excluding carboxylic acids is 1. The quantitative estimate of drug-likeness (QED) is 0.820. The van der Waals surface area contributed by atoms with E-state index in [0.29, 0.717) is 11.8 Å². The molecule has 0 spiro atoms. The summed E-state index contributed by atoms with van der Waals surface area (Å²) in [5.41, 5.74) is 1.83. The average Bonchev–Trinajstić information content (AvgIpc) is 2.93. The number of aromatic amines is 1. The van der Waals surface area contributed by atoms with Gasteiger partial charge in [0.25, 0.3) is 5.91 Å². The molecule has 1 N–H and O–H groups in total. The van der Waals surface area contributed by atoms with E-state index in [9.17, 15) is 4.79 Å². The van der Waals surface area contributed by atoms with E-state index in [1.165, 1.54) is 0 Å². The smallest absolute Gasteiger partial charge is 0.256 e. The van der Waals surface area contributed by atoms with Crippen molar-refractivity contribution in [1.29, 1.82) is 0 Å². The Morgan fingerprint density at radius 2 is 1.89 bits per heavy atom. The second-order valence-corrected chi connectivity index (χ2v) is 5.41. The van der Waals surface area contributed by atoms with Crippen LogP contribution in [0.15, 0.2) is 30.5 Å². The second kappa shape index (κ2) is 4.16. The lowest BCUT2D eigenvalue weighted by atomic mass is 10.0. The molecular formula is C15H18N2O. The lowest BCUT2D eigenvalue weighted by molar-refractivity contribution is 0.0787. The molecule has 0 radical (unpaired) electrons. The molecular weight excluding hydrogens is 224 g/mol. The Labute approximate surface area is 107 Å². The van der Waals surface area contributed by atoms with Crippen molar-refractivity contribution in [3.63, 3.8) is 0 Å². The lowest BCUT2D eigenvalue weighted by Crippen LogP contribution is -2.28. The van der Waals surface area contributed by atoms with Crippen LogP contribution in [0.5, 0.6) is 0 Å². The van der Waals surface area contributed by atoms with Crippen molar-refractivity contribution in [2.75, 3.05) is 13.1 Å². The maximum Gasteiger partial charge on any atom is 0.256 e. The van der Waals surface area contributed by atoms with Gasteiger partial charge in [0.2, 0.25) is 0 Å². The van der Waals surface area contributed by atoms with Crippen LogP contribution in [0.3, 0.4) is 0 Å². The van der Waals surface area contributed by atoms with Gasteiger partial charge in [-0.25, -0.2) is 0 Å². The summed E-state index contributed by atoms with van der Waals surface area (Å²) in [7, 11) is 0. The van der Waals surface area contributed by atoms with Crippen molar-refractivity contribution >= 4 is 16.8 Å². The van der Waals surface area contributed by atoms with Gasteiger partial charge in [0, 0.05) is 30.2 Å². The minimum atomic E-state index is 0.156. The monoisotopic (exact) mass is 242 g/mol. The van der Waals surface area contributed by atoms with Crippen LogP contribution in [0.25, 0.3) is 10.9 Å². The first kappa shape index (κ1) is 11.3. The number of aromatic nitrogens is 1. The Kier molecular flexibility index (Phi) is 2.62. The third-order valence-corrected chi connectivity index (χ3v) is 4.10. The van der Waals surface area contributed by atoms with Crippen molar-refractivity contribution in [1.82, 2.24) is 9.88 Å². The highest BCUT2D eigenvalue weighted by atomic mass is 16.2. The molecule has 1 aliphatic rings. The molecule has 18 heavy (non-hydrogen) atoms. The highest BCUT2D eigenvalue weighted by molar-refractivity contribution is 6.06. The number of hydrogen-bond acceptors (Lipinski definition) is 1. The van der Waals surface area contributed by atoms with E-state index in [2.05, 4.69) is 18.8 Å². The van der Waals surface area contributed by atoms with Crippen LogP contribution in [0.1, 0.15) is 24.2 Å². The van der Waals surface area contributed by atoms with Crippen LogP contribution in [0.2, 0.25) is 0 Å². The molecule has 2 unspecified atom stereocenters. The number of carbonyl (C=O) groups is 1. The van der Waals surface area contributed by atoms with Gasteiger partial charge in [-0.2, -0.15) is 0 Å². The number of rotatable bonds is 1. The number of para-hydroxylation sites is 1. The summed E-state index contributed by atoms with van der Waals surface area (Å²) in [6, 6.07) is 7.96. The highest BCUT2D eigenvalue weighted by Gasteiger charge is 2.30. The highest BCUT2D eigenvalue weighted by Crippen LogP contribution is 2.26. The first-order chi connectivity index (χ1) is 8.66. The van der Waals surface area contributed by atoms with Gasteiger partial charge in [0.15, 0.2) is 0 Å². The fourth-order valence-electron chi connectivity index (χ4n) is 2.71. The normalized spacial score (nSPS) is 23.8. The summed E-state index contributed by atoms with van der Waals surface area (Å²) in [5.74, 6) is 1.35. The van der Waals surface area contributed by atoms with Crippen LogP contribution >= 0.6 is 0 Å². The molecule has 3 nitrogen and oxygen atoms in total. The van der Waals surface area contributed by atoms with Gasteiger partial charge < -0.3 is 9.88 Å². The summed E-state index contributed by atoms with van der Waals surface area (Å²) in [5, 5.41) is 1.02. The standard InChI is InChI=1S/C15H18N2O/c1-10-8-17(9-11(10)2)15(18)13-7-16-14-6-4-3-5-12(13)14/h3-7,10-11,16H,8-9H2,1-2H3. The van der Waals surface area contributed by atoms with Crippen molar-refractivity contribution in [2.45, 2.75) is 13.8 Å². The van der Waals surface area contributed by atoms with Crippen LogP contribution in [0, 0.1) is 11.8 Å². The summed E-state index contributed by atoms with van der Waals surface area (Å²) < 4.78 is 0. The van der Waals surface area contributed by atoms with Gasteiger partial charge in [0.1, 0.15) is 0 Å². The number of nitrogens with zero attached hydrogens (tertiary/aromatic N) is 1. The molecule has 0 saturated carbocycles. The maximum absolute atomic E-state index is 12.5. The third-order valence-electron chi connectivity index (χ3n) is 4.10. The lowest BCUT2D eigenvalue weighted by Gasteiger charge is -2.15. The van der Waals surface area contributed by atoms with E-state index in [1.807, 2.05) is 35.4 Å². The zero-order chi connectivity index (χ0) is 12.7. The zero-order valence-corrected chi connectivity index (χ0v) is 10.8. The SMILES string of the molecule is CC1CN(C(=O)c2c[nH]c3ccccc23)CC1C. The number of H-pyrrole nitrogens is 1. The van der Waals surface area contributed by atoms with Gasteiger partial charge in [-0.15, -0.1) is 0 Å². The number of nitrogens with one attached hydrogen (secondary N) is 1. The van der Waals surface area contributed by atoms with Crippen molar-refractivity contribution in [2.24, 2.45) is 11.8 Å². The molecule has 2 atom stereocenters. The molecule has 2 aromatic rings. The number of fused-ring (bicyclic) bond motifs is 1. The first-order valence-corrected chi connectivity index (χ1v) is 6.52. The van der Waals surface area contributed by atoms with Crippen LogP contribution < -0.4 is 0 Å². The number of amides is 1. The molecule has 1 aromatic carbocycles. The molecule has 3 rings (SSSR count). The summed E-state index contributed by atoms with van der Waals surface area (Å²) >= 11 is 0. The Morgan fingerprint density at radius 3 is 2.61 bits per heavy atom. The summed E-state index contributed by atoms with van der Waals surface area (Å²) in [6.07, 6.45) is 1.83. The fraction of sp³-hybridized carbons (Fsp3) is 0.400. The number of likely N-dealkylation sites (tertiary alicyclic amines) is 1. The molecule has 94 valence electrons. The molecule has 1 aliphatic heterocycles. The van der Waals surface area contributed by atoms with Crippen LogP contribution in [0.4, 0.5) is 0 Å². The average molecular weight is 242 g/mol. The molecule has 0 bridgehead atoms. The molecule has 2 heterocycles. The third kappa shape index (κ3) is 1.70. The van der Waals surface area contributed by atoms with E-state index in [1.54, 1.807) is 0 Å². The topological polar surface area (TPSA) is 36.1 Å². The number of hydrogen-bond donors (Lipinski definition) is 1. The van der Waals surface area contributed by atoms with Crippen LogP contribution in [-0.4, -0.2) is 28.9 Å². The Balaban J connectivity index is 1.93. The maximum atomic E-state index is 12.5. The van der Waals surface area contributed by atoms with E-state index in [0.717, 1.165) is 29.6 Å².